The largest absolute Gasteiger partial charge is 0.353 e. The predicted molar refractivity (Wildman–Crippen MR) is 35.8 cm³/mol. The molecule has 0 spiro atoms. The summed E-state index contributed by atoms with van der Waals surface area (Å²) in [5.41, 5.74) is 0. The summed E-state index contributed by atoms with van der Waals surface area (Å²) in [4.78, 5) is 10.8. The van der Waals surface area contributed by atoms with Gasteiger partial charge in [-0.05, 0) is 12.8 Å². The molecule has 2 heteroatoms. The molecule has 1 aliphatic carbocycles. The van der Waals surface area contributed by atoms with E-state index in [4.69, 9.17) is 0 Å². The van der Waals surface area contributed by atoms with Crippen molar-refractivity contribution in [2.24, 2.45) is 0 Å². The minimum absolute atomic E-state index is 0.109. The van der Waals surface area contributed by atoms with Crippen LogP contribution in [0.4, 0.5) is 0 Å². The molecule has 1 aliphatic rings. The van der Waals surface area contributed by atoms with E-state index >= 15 is 0 Å². The maximum Gasteiger partial charge on any atom is 0.226 e. The molecule has 0 aromatic rings. The molecule has 1 amide bonds. The lowest BCUT2D eigenvalue weighted by Gasteiger charge is -2.03. The van der Waals surface area contributed by atoms with Gasteiger partial charge in [-0.1, -0.05) is 13.8 Å². The Morgan fingerprint density at radius 2 is 2.00 bits per heavy atom. The van der Waals surface area contributed by atoms with Crippen LogP contribution in [0.2, 0.25) is 0 Å². The maximum absolute atomic E-state index is 10.8. The van der Waals surface area contributed by atoms with Crippen LogP contribution < -0.4 is 5.32 Å². The Labute approximate surface area is 55.6 Å². The summed E-state index contributed by atoms with van der Waals surface area (Å²) in [5, 5.41) is 2.88. The Kier molecular flexibility index (Phi) is 1.74. The third-order valence-corrected chi connectivity index (χ3v) is 1.37. The molecule has 1 fully saturated rings. The molecule has 0 aromatic heterocycles. The molecule has 51 valence electrons. The van der Waals surface area contributed by atoms with Crippen LogP contribution in [0.15, 0.2) is 0 Å². The van der Waals surface area contributed by atoms with Gasteiger partial charge in [-0.3, -0.25) is 4.79 Å². The van der Waals surface area contributed by atoms with E-state index in [9.17, 15) is 4.79 Å². The van der Waals surface area contributed by atoms with Gasteiger partial charge in [0.2, 0.25) is 5.91 Å². The van der Waals surface area contributed by atoms with Gasteiger partial charge in [0.15, 0.2) is 0 Å². The highest BCUT2D eigenvalue weighted by atomic mass is 16.1. The van der Waals surface area contributed by atoms with Gasteiger partial charge in [-0.2, -0.15) is 0 Å². The molecule has 0 atom stereocenters. The molecule has 2 nitrogen and oxygen atoms in total. The van der Waals surface area contributed by atoms with Crippen LogP contribution in [0.5, 0.6) is 0 Å². The van der Waals surface area contributed by atoms with Crippen molar-refractivity contribution in [3.8, 4) is 0 Å². The Balaban J connectivity index is 2.17. The molecule has 9 heavy (non-hydrogen) atoms. The summed E-state index contributed by atoms with van der Waals surface area (Å²) in [7, 11) is 0. The van der Waals surface area contributed by atoms with Crippen molar-refractivity contribution in [1.29, 1.82) is 0 Å². The fraction of sp³-hybridized carbons (Fsp3) is 0.714. The number of carbonyl (C=O) groups is 1. The number of hydrogen-bond donors (Lipinski definition) is 1. The van der Waals surface area contributed by atoms with E-state index in [1.807, 2.05) is 13.8 Å². The average molecular weight is 126 g/mol. The van der Waals surface area contributed by atoms with Crippen LogP contribution in [0.3, 0.4) is 0 Å². The standard InChI is InChI=1S/C7H12NO/c1-5(2)7(9)8-6-3-4-6/h6H,3-4H2,1-2H3,(H,8,9). The fourth-order valence-electron chi connectivity index (χ4n) is 0.557. The highest BCUT2D eigenvalue weighted by Gasteiger charge is 2.24. The average Bonchev–Trinajstić information content (AvgIpc) is 2.50. The topological polar surface area (TPSA) is 29.1 Å². The minimum Gasteiger partial charge on any atom is -0.353 e. The van der Waals surface area contributed by atoms with Gasteiger partial charge in [0.1, 0.15) is 0 Å². The van der Waals surface area contributed by atoms with Crippen LogP contribution in [-0.4, -0.2) is 11.9 Å². The summed E-state index contributed by atoms with van der Waals surface area (Å²) in [5.74, 6) is 0.958. The highest BCUT2D eigenvalue weighted by molar-refractivity contribution is 5.89. The number of rotatable bonds is 2. The first-order valence-corrected chi connectivity index (χ1v) is 3.31. The maximum atomic E-state index is 10.8. The second-order valence-electron chi connectivity index (χ2n) is 2.75. The van der Waals surface area contributed by atoms with Crippen molar-refractivity contribution < 1.29 is 4.79 Å². The van der Waals surface area contributed by atoms with Gasteiger partial charge in [0.05, 0.1) is 5.92 Å². The zero-order valence-corrected chi connectivity index (χ0v) is 5.90. The van der Waals surface area contributed by atoms with Crippen molar-refractivity contribution in [2.75, 3.05) is 0 Å². The van der Waals surface area contributed by atoms with E-state index < -0.39 is 0 Å². The van der Waals surface area contributed by atoms with E-state index in [0.29, 0.717) is 6.04 Å². The molecule has 1 saturated carbocycles. The molecule has 0 bridgehead atoms. The van der Waals surface area contributed by atoms with Gasteiger partial charge < -0.3 is 5.32 Å². The zero-order valence-electron chi connectivity index (χ0n) is 5.90. The number of hydrogen-bond acceptors (Lipinski definition) is 1. The first-order valence-electron chi connectivity index (χ1n) is 3.31. The lowest BCUT2D eigenvalue weighted by Crippen LogP contribution is -2.28. The molecule has 1 radical (unpaired) electrons. The number of amides is 1. The summed E-state index contributed by atoms with van der Waals surface area (Å²) < 4.78 is 0. The van der Waals surface area contributed by atoms with Crippen LogP contribution in [0.1, 0.15) is 26.7 Å². The summed E-state index contributed by atoms with van der Waals surface area (Å²) in [6, 6.07) is 0.493. The minimum atomic E-state index is 0.109. The molecule has 0 unspecified atom stereocenters. The monoisotopic (exact) mass is 126 g/mol. The zero-order chi connectivity index (χ0) is 6.85. The fourth-order valence-corrected chi connectivity index (χ4v) is 0.557. The van der Waals surface area contributed by atoms with E-state index in [1.165, 1.54) is 12.8 Å². The second-order valence-corrected chi connectivity index (χ2v) is 2.75. The lowest BCUT2D eigenvalue weighted by molar-refractivity contribution is -0.119. The van der Waals surface area contributed by atoms with Crippen molar-refractivity contribution in [3.63, 3.8) is 0 Å². The van der Waals surface area contributed by atoms with E-state index in [-0.39, 0.29) is 5.91 Å². The van der Waals surface area contributed by atoms with Crippen LogP contribution >= 0.6 is 0 Å². The second kappa shape index (κ2) is 2.38. The van der Waals surface area contributed by atoms with Crippen molar-refractivity contribution in [2.45, 2.75) is 32.7 Å². The first-order chi connectivity index (χ1) is 4.20. The van der Waals surface area contributed by atoms with Gasteiger partial charge in [-0.25, -0.2) is 0 Å². The third kappa shape index (κ3) is 2.04. The molecular weight excluding hydrogens is 114 g/mol. The van der Waals surface area contributed by atoms with Crippen molar-refractivity contribution in [3.05, 3.63) is 5.92 Å². The van der Waals surface area contributed by atoms with Crippen molar-refractivity contribution >= 4 is 5.91 Å². The molecule has 1 rings (SSSR count). The molecular formula is C7H12NO. The van der Waals surface area contributed by atoms with Gasteiger partial charge in [0, 0.05) is 6.04 Å². The Hall–Kier alpha value is -0.530. The lowest BCUT2D eigenvalue weighted by atomic mass is 10.2. The van der Waals surface area contributed by atoms with Gasteiger partial charge in [-0.15, -0.1) is 0 Å². The van der Waals surface area contributed by atoms with E-state index in [0.717, 1.165) is 5.92 Å². The third-order valence-electron chi connectivity index (χ3n) is 1.37. The smallest absolute Gasteiger partial charge is 0.226 e. The molecule has 0 aliphatic heterocycles. The molecule has 0 saturated heterocycles. The normalized spacial score (nSPS) is 18.1. The SMILES string of the molecule is C[C](C)C(=O)NC1CC1. The number of nitrogens with one attached hydrogen (secondary N) is 1. The number of carbonyl (C=O) groups excluding carboxylic acids is 1. The van der Waals surface area contributed by atoms with Gasteiger partial charge in [0.25, 0.3) is 0 Å². The van der Waals surface area contributed by atoms with Crippen molar-refractivity contribution in [1.82, 2.24) is 5.32 Å². The summed E-state index contributed by atoms with van der Waals surface area (Å²) in [6.07, 6.45) is 2.33. The van der Waals surface area contributed by atoms with Crippen LogP contribution in [0.25, 0.3) is 0 Å². The van der Waals surface area contributed by atoms with E-state index in [1.54, 1.807) is 0 Å². The van der Waals surface area contributed by atoms with Crippen LogP contribution in [0, 0.1) is 5.92 Å². The predicted octanol–water partition coefficient (Wildman–Crippen LogP) is 0.879. The molecule has 0 aromatic carbocycles. The van der Waals surface area contributed by atoms with E-state index in [2.05, 4.69) is 5.32 Å². The Bertz CT molecular complexity index is 116. The summed E-state index contributed by atoms with van der Waals surface area (Å²) >= 11 is 0. The first kappa shape index (κ1) is 6.59. The highest BCUT2D eigenvalue weighted by Crippen LogP contribution is 2.19. The van der Waals surface area contributed by atoms with Gasteiger partial charge >= 0.3 is 0 Å². The molecule has 1 N–H and O–H groups in total. The Morgan fingerprint density at radius 1 is 1.44 bits per heavy atom. The summed E-state index contributed by atoms with van der Waals surface area (Å²) in [6.45, 7) is 3.66. The molecule has 0 heterocycles. The van der Waals surface area contributed by atoms with Crippen LogP contribution in [-0.2, 0) is 4.79 Å². The quantitative estimate of drug-likeness (QED) is 0.584. The Morgan fingerprint density at radius 3 is 2.33 bits per heavy atom.